The number of hydrogen-bond acceptors (Lipinski definition) is 6. The fraction of sp³-hybridized carbons (Fsp3) is 0.250. The average molecular weight is 267 g/mol. The molecule has 1 aromatic heterocycles. The lowest BCUT2D eigenvalue weighted by atomic mass is 10.0. The Labute approximate surface area is 109 Å². The summed E-state index contributed by atoms with van der Waals surface area (Å²) in [5, 5.41) is 32.7. The van der Waals surface area contributed by atoms with Crippen LogP contribution in [0.25, 0.3) is 11.3 Å². The molecule has 1 heterocycles. The molecule has 2 unspecified atom stereocenters. The van der Waals surface area contributed by atoms with Gasteiger partial charge in [-0.05, 0) is 17.7 Å². The molecule has 0 amide bonds. The zero-order valence-corrected chi connectivity index (χ0v) is 10.3. The molecule has 2 aromatic rings. The van der Waals surface area contributed by atoms with Gasteiger partial charge in [0.05, 0.1) is 17.9 Å². The molecule has 0 spiro atoms. The van der Waals surface area contributed by atoms with Crippen molar-refractivity contribution >= 4 is 12.6 Å². The lowest BCUT2D eigenvalue weighted by molar-refractivity contribution is 0.0337. The predicted molar refractivity (Wildman–Crippen MR) is 68.4 cm³/mol. The Bertz CT molecular complexity index is 515. The molecule has 6 heteroatoms. The first-order chi connectivity index (χ1) is 8.63. The van der Waals surface area contributed by atoms with Crippen molar-refractivity contribution in [3.63, 3.8) is 0 Å². The molecule has 1 aromatic carbocycles. The summed E-state index contributed by atoms with van der Waals surface area (Å²) in [6.07, 6.45) is -0.578. The first-order valence-corrected chi connectivity index (χ1v) is 5.97. The summed E-state index contributed by atoms with van der Waals surface area (Å²) in [5.41, 5.74) is 0.885. The third kappa shape index (κ3) is 2.50. The third-order valence-corrected chi connectivity index (χ3v) is 2.99. The van der Waals surface area contributed by atoms with E-state index in [2.05, 4.69) is 17.8 Å². The Balaban J connectivity index is 2.38. The summed E-state index contributed by atoms with van der Waals surface area (Å²) >= 11 is 3.92. The zero-order valence-electron chi connectivity index (χ0n) is 9.39. The number of aliphatic hydroxyl groups is 2. The van der Waals surface area contributed by atoms with Crippen LogP contribution in [0.1, 0.15) is 11.7 Å². The monoisotopic (exact) mass is 267 g/mol. The van der Waals surface area contributed by atoms with E-state index in [0.717, 1.165) is 0 Å². The van der Waals surface area contributed by atoms with E-state index >= 15 is 0 Å². The quantitative estimate of drug-likeness (QED) is 0.629. The number of nitrogens with zero attached hydrogens (tertiary/aromatic N) is 1. The van der Waals surface area contributed by atoms with Crippen molar-refractivity contribution in [1.82, 2.24) is 5.16 Å². The molecule has 18 heavy (non-hydrogen) atoms. The van der Waals surface area contributed by atoms with Gasteiger partial charge in [0.25, 0.3) is 0 Å². The molecule has 2 rings (SSSR count). The fourth-order valence-electron chi connectivity index (χ4n) is 1.61. The second-order valence-electron chi connectivity index (χ2n) is 3.85. The highest BCUT2D eigenvalue weighted by molar-refractivity contribution is 7.80. The molecular formula is C12H13NO4S. The molecule has 96 valence electrons. The molecule has 0 saturated carbocycles. The second kappa shape index (κ2) is 5.43. The molecule has 0 saturated heterocycles. The minimum atomic E-state index is -1.07. The van der Waals surface area contributed by atoms with Crippen LogP contribution in [0.5, 0.6) is 5.75 Å². The summed E-state index contributed by atoms with van der Waals surface area (Å²) in [5.74, 6) is 0.546. The van der Waals surface area contributed by atoms with E-state index in [1.165, 1.54) is 18.3 Å². The number of rotatable bonds is 4. The molecule has 5 nitrogen and oxygen atoms in total. The van der Waals surface area contributed by atoms with Gasteiger partial charge in [-0.3, -0.25) is 0 Å². The van der Waals surface area contributed by atoms with E-state index in [4.69, 9.17) is 4.52 Å². The van der Waals surface area contributed by atoms with Crippen molar-refractivity contribution in [1.29, 1.82) is 0 Å². The maximum Gasteiger partial charge on any atom is 0.170 e. The summed E-state index contributed by atoms with van der Waals surface area (Å²) in [6, 6.07) is 6.11. The van der Waals surface area contributed by atoms with E-state index in [-0.39, 0.29) is 11.5 Å². The van der Waals surface area contributed by atoms with Crippen molar-refractivity contribution in [3.05, 3.63) is 36.0 Å². The Morgan fingerprint density at radius 2 is 2.06 bits per heavy atom. The Kier molecular flexibility index (Phi) is 3.90. The van der Waals surface area contributed by atoms with Crippen LogP contribution in [0.15, 0.2) is 35.0 Å². The van der Waals surface area contributed by atoms with Crippen LogP contribution in [0, 0.1) is 0 Å². The van der Waals surface area contributed by atoms with Crippen molar-refractivity contribution in [2.24, 2.45) is 0 Å². The molecule has 0 bridgehead atoms. The lowest BCUT2D eigenvalue weighted by Crippen LogP contribution is -2.19. The Morgan fingerprint density at radius 1 is 1.28 bits per heavy atom. The van der Waals surface area contributed by atoms with Crippen molar-refractivity contribution in [3.8, 4) is 17.1 Å². The van der Waals surface area contributed by atoms with Crippen LogP contribution in [0.4, 0.5) is 0 Å². The van der Waals surface area contributed by atoms with Crippen LogP contribution in [-0.4, -0.2) is 32.3 Å². The van der Waals surface area contributed by atoms with Gasteiger partial charge in [-0.2, -0.15) is 12.6 Å². The minimum absolute atomic E-state index is 0.0167. The number of phenolic OH excluding ortho intramolecular Hbond substituents is 1. The number of aliphatic hydroxyl groups excluding tert-OH is 2. The highest BCUT2D eigenvalue weighted by Crippen LogP contribution is 2.32. The molecule has 2 atom stereocenters. The third-order valence-electron chi connectivity index (χ3n) is 2.62. The van der Waals surface area contributed by atoms with E-state index in [0.29, 0.717) is 16.9 Å². The van der Waals surface area contributed by atoms with Gasteiger partial charge in [-0.1, -0.05) is 11.2 Å². The van der Waals surface area contributed by atoms with Gasteiger partial charge in [0, 0.05) is 11.8 Å². The normalized spacial score (nSPS) is 14.4. The van der Waals surface area contributed by atoms with Gasteiger partial charge in [-0.25, -0.2) is 0 Å². The maximum atomic E-state index is 9.88. The van der Waals surface area contributed by atoms with Crippen LogP contribution in [0.3, 0.4) is 0 Å². The molecule has 3 N–H and O–H groups in total. The van der Waals surface area contributed by atoms with Gasteiger partial charge in [0.2, 0.25) is 0 Å². The standard InChI is InChI=1S/C12H13NO4S/c14-9-2-1-7(12(16)10(15)6-18)5-8(9)11-3-4-13-17-11/h1-5,10,12,14-16,18H,6H2. The zero-order chi connectivity index (χ0) is 13.1. The SMILES string of the molecule is Oc1ccc(C(O)C(O)CS)cc1-c1ccno1. The number of benzene rings is 1. The van der Waals surface area contributed by atoms with Crippen LogP contribution < -0.4 is 0 Å². The Hall–Kier alpha value is -1.50. The van der Waals surface area contributed by atoms with Gasteiger partial charge in [0.15, 0.2) is 5.76 Å². The lowest BCUT2D eigenvalue weighted by Gasteiger charge is -2.17. The van der Waals surface area contributed by atoms with Crippen molar-refractivity contribution in [2.75, 3.05) is 5.75 Å². The first-order valence-electron chi connectivity index (χ1n) is 5.34. The van der Waals surface area contributed by atoms with Gasteiger partial charge in [-0.15, -0.1) is 0 Å². The minimum Gasteiger partial charge on any atom is -0.507 e. The van der Waals surface area contributed by atoms with Gasteiger partial charge < -0.3 is 19.8 Å². The summed E-state index contributed by atoms with van der Waals surface area (Å²) in [7, 11) is 0. The predicted octanol–water partition coefficient (Wildman–Crippen LogP) is 1.37. The van der Waals surface area contributed by atoms with Crippen molar-refractivity contribution < 1.29 is 19.8 Å². The van der Waals surface area contributed by atoms with Gasteiger partial charge in [0.1, 0.15) is 11.9 Å². The van der Waals surface area contributed by atoms with Crippen LogP contribution in [-0.2, 0) is 0 Å². The number of phenols is 1. The van der Waals surface area contributed by atoms with Crippen LogP contribution in [0.2, 0.25) is 0 Å². The molecule has 0 aliphatic carbocycles. The topological polar surface area (TPSA) is 86.7 Å². The summed E-state index contributed by atoms with van der Waals surface area (Å²) in [6.45, 7) is 0. The van der Waals surface area contributed by atoms with E-state index in [1.54, 1.807) is 12.1 Å². The number of hydrogen-bond donors (Lipinski definition) is 4. The first kappa shape index (κ1) is 12.9. The van der Waals surface area contributed by atoms with Crippen LogP contribution >= 0.6 is 12.6 Å². The second-order valence-corrected chi connectivity index (χ2v) is 4.21. The highest BCUT2D eigenvalue weighted by Gasteiger charge is 2.19. The smallest absolute Gasteiger partial charge is 0.170 e. The molecule has 0 radical (unpaired) electrons. The molecule has 0 aliphatic rings. The largest absolute Gasteiger partial charge is 0.507 e. The molecule has 0 aliphatic heterocycles. The highest BCUT2D eigenvalue weighted by atomic mass is 32.1. The van der Waals surface area contributed by atoms with E-state index in [1.807, 2.05) is 0 Å². The average Bonchev–Trinajstić information content (AvgIpc) is 2.91. The number of thiol groups is 1. The van der Waals surface area contributed by atoms with E-state index in [9.17, 15) is 15.3 Å². The van der Waals surface area contributed by atoms with E-state index < -0.39 is 12.2 Å². The molecule has 0 fully saturated rings. The van der Waals surface area contributed by atoms with Crippen molar-refractivity contribution in [2.45, 2.75) is 12.2 Å². The summed E-state index contributed by atoms with van der Waals surface area (Å²) in [4.78, 5) is 0. The summed E-state index contributed by atoms with van der Waals surface area (Å²) < 4.78 is 4.95. The maximum absolute atomic E-state index is 9.88. The molecular weight excluding hydrogens is 254 g/mol. The Morgan fingerprint density at radius 3 is 2.67 bits per heavy atom. The fourth-order valence-corrected chi connectivity index (χ4v) is 1.81. The number of aromatic nitrogens is 1. The number of aromatic hydroxyl groups is 1. The van der Waals surface area contributed by atoms with Gasteiger partial charge >= 0.3 is 0 Å².